The van der Waals surface area contributed by atoms with Crippen LogP contribution in [-0.4, -0.2) is 40.8 Å². The lowest BCUT2D eigenvalue weighted by molar-refractivity contribution is 0.191. The Morgan fingerprint density at radius 3 is 2.74 bits per heavy atom. The minimum Gasteiger partial charge on any atom is -0.386 e. The molecular formula is C17H27ClIN5O2S. The van der Waals surface area contributed by atoms with E-state index in [1.54, 1.807) is 6.07 Å². The summed E-state index contributed by atoms with van der Waals surface area (Å²) in [5.74, 6) is 2.33. The van der Waals surface area contributed by atoms with Gasteiger partial charge in [-0.2, -0.15) is 4.98 Å². The zero-order chi connectivity index (χ0) is 18.9. The number of thiophene rings is 1. The van der Waals surface area contributed by atoms with Crippen LogP contribution in [-0.2, 0) is 6.42 Å². The minimum atomic E-state index is -0.657. The molecule has 152 valence electrons. The van der Waals surface area contributed by atoms with Crippen LogP contribution in [0.5, 0.6) is 0 Å². The summed E-state index contributed by atoms with van der Waals surface area (Å²) in [7, 11) is 0. The summed E-state index contributed by atoms with van der Waals surface area (Å²) >= 11 is 7.27. The Kier molecular flexibility index (Phi) is 11.2. The van der Waals surface area contributed by atoms with Gasteiger partial charge in [0.25, 0.3) is 0 Å². The monoisotopic (exact) mass is 527 g/mol. The molecule has 0 bridgehead atoms. The molecule has 3 N–H and O–H groups in total. The number of halogens is 2. The van der Waals surface area contributed by atoms with Crippen LogP contribution in [0.1, 0.15) is 55.8 Å². The van der Waals surface area contributed by atoms with Crippen molar-refractivity contribution >= 4 is 52.9 Å². The fourth-order valence-corrected chi connectivity index (χ4v) is 3.21. The second-order valence-corrected chi connectivity index (χ2v) is 7.86. The van der Waals surface area contributed by atoms with Crippen LogP contribution >= 0.6 is 46.9 Å². The summed E-state index contributed by atoms with van der Waals surface area (Å²) in [6.45, 7) is 7.80. The molecule has 0 saturated heterocycles. The van der Waals surface area contributed by atoms with Gasteiger partial charge in [-0.1, -0.05) is 30.6 Å². The van der Waals surface area contributed by atoms with Crippen LogP contribution in [0, 0.1) is 0 Å². The molecule has 2 aromatic heterocycles. The summed E-state index contributed by atoms with van der Waals surface area (Å²) in [5, 5.41) is 20.6. The van der Waals surface area contributed by atoms with E-state index >= 15 is 0 Å². The third-order valence-electron chi connectivity index (χ3n) is 3.55. The predicted octanol–water partition coefficient (Wildman–Crippen LogP) is 3.75. The normalized spacial score (nSPS) is 12.7. The van der Waals surface area contributed by atoms with Crippen LogP contribution in [0.4, 0.5) is 0 Å². The van der Waals surface area contributed by atoms with E-state index in [0.717, 1.165) is 23.7 Å². The minimum absolute atomic E-state index is 0. The Morgan fingerprint density at radius 2 is 2.15 bits per heavy atom. The lowest BCUT2D eigenvalue weighted by Crippen LogP contribution is -2.38. The average molecular weight is 528 g/mol. The summed E-state index contributed by atoms with van der Waals surface area (Å²) in [5.41, 5.74) is 0. The molecule has 0 aliphatic carbocycles. The molecule has 1 atom stereocenters. The van der Waals surface area contributed by atoms with Crippen molar-refractivity contribution in [2.45, 2.75) is 45.6 Å². The van der Waals surface area contributed by atoms with Crippen LogP contribution in [0.3, 0.4) is 0 Å². The van der Waals surface area contributed by atoms with E-state index in [-0.39, 0.29) is 36.4 Å². The highest BCUT2D eigenvalue weighted by atomic mass is 127. The van der Waals surface area contributed by atoms with Crippen LogP contribution in [0.25, 0.3) is 0 Å². The maximum atomic E-state index is 10.2. The molecule has 10 heteroatoms. The molecule has 1 unspecified atom stereocenters. The molecule has 2 rings (SSSR count). The molecule has 0 aliphatic rings. The number of aliphatic hydroxyl groups is 1. The molecule has 7 nitrogen and oxygen atoms in total. The highest BCUT2D eigenvalue weighted by Gasteiger charge is 2.11. The number of guanidine groups is 1. The Hall–Kier alpha value is -0.910. The Labute approximate surface area is 186 Å². The van der Waals surface area contributed by atoms with Crippen molar-refractivity contribution < 1.29 is 9.63 Å². The van der Waals surface area contributed by atoms with Gasteiger partial charge in [-0.3, -0.25) is 4.99 Å². The van der Waals surface area contributed by atoms with Crippen molar-refractivity contribution in [3.8, 4) is 0 Å². The van der Waals surface area contributed by atoms with Crippen molar-refractivity contribution in [2.24, 2.45) is 4.99 Å². The van der Waals surface area contributed by atoms with E-state index in [4.69, 9.17) is 16.1 Å². The van der Waals surface area contributed by atoms with Crippen molar-refractivity contribution in [2.75, 3.05) is 19.6 Å². The second kappa shape index (κ2) is 12.5. The number of hydrogen-bond acceptors (Lipinski definition) is 6. The van der Waals surface area contributed by atoms with Gasteiger partial charge in [0.15, 0.2) is 11.8 Å². The number of nitrogens with one attached hydrogen (secondary N) is 2. The molecule has 0 amide bonds. The van der Waals surface area contributed by atoms with E-state index in [2.05, 4.69) is 25.8 Å². The summed E-state index contributed by atoms with van der Waals surface area (Å²) in [6.07, 6.45) is 0.895. The van der Waals surface area contributed by atoms with E-state index in [1.807, 2.05) is 26.8 Å². The van der Waals surface area contributed by atoms with E-state index in [0.29, 0.717) is 29.2 Å². The maximum Gasteiger partial charge on any atom is 0.226 e. The molecule has 2 heterocycles. The van der Waals surface area contributed by atoms with Gasteiger partial charge in [0.05, 0.1) is 10.9 Å². The highest BCUT2D eigenvalue weighted by Crippen LogP contribution is 2.26. The van der Waals surface area contributed by atoms with E-state index < -0.39 is 6.10 Å². The number of aliphatic hydroxyl groups excluding tert-OH is 1. The van der Waals surface area contributed by atoms with Crippen molar-refractivity contribution in [3.05, 3.63) is 33.1 Å². The molecule has 0 fully saturated rings. The molecule has 2 aromatic rings. The summed E-state index contributed by atoms with van der Waals surface area (Å²) < 4.78 is 5.89. The van der Waals surface area contributed by atoms with Gasteiger partial charge < -0.3 is 20.3 Å². The van der Waals surface area contributed by atoms with Gasteiger partial charge in [-0.15, -0.1) is 35.3 Å². The smallest absolute Gasteiger partial charge is 0.226 e. The fraction of sp³-hybridized carbons (Fsp3) is 0.588. The zero-order valence-corrected chi connectivity index (χ0v) is 19.6. The Bertz CT molecular complexity index is 707. The SMILES string of the molecule is CCNC(=NCC(O)c1ccc(Cl)s1)NCCCc1nc(C(C)C)no1.I. The number of aromatic nitrogens is 2. The number of nitrogens with zero attached hydrogens (tertiary/aromatic N) is 3. The maximum absolute atomic E-state index is 10.2. The number of aryl methyl sites for hydroxylation is 1. The predicted molar refractivity (Wildman–Crippen MR) is 120 cm³/mol. The zero-order valence-electron chi connectivity index (χ0n) is 15.7. The van der Waals surface area contributed by atoms with Crippen LogP contribution < -0.4 is 10.6 Å². The Balaban J connectivity index is 0.00000364. The number of aliphatic imine (C=N–C) groups is 1. The lowest BCUT2D eigenvalue weighted by Gasteiger charge is -2.12. The first kappa shape index (κ1) is 24.1. The number of rotatable bonds is 9. The van der Waals surface area contributed by atoms with Gasteiger partial charge >= 0.3 is 0 Å². The molecule has 0 saturated carbocycles. The van der Waals surface area contributed by atoms with Gasteiger partial charge in [0, 0.05) is 30.3 Å². The first-order chi connectivity index (χ1) is 12.5. The largest absolute Gasteiger partial charge is 0.386 e. The third kappa shape index (κ3) is 8.32. The molecule has 0 radical (unpaired) electrons. The summed E-state index contributed by atoms with van der Waals surface area (Å²) in [4.78, 5) is 9.60. The molecule has 0 spiro atoms. The highest BCUT2D eigenvalue weighted by molar-refractivity contribution is 14.0. The van der Waals surface area contributed by atoms with Crippen molar-refractivity contribution in [1.82, 2.24) is 20.8 Å². The average Bonchev–Trinajstić information content (AvgIpc) is 3.25. The third-order valence-corrected chi connectivity index (χ3v) is 4.88. The van der Waals surface area contributed by atoms with Crippen LogP contribution in [0.2, 0.25) is 4.34 Å². The second-order valence-electron chi connectivity index (χ2n) is 6.11. The van der Waals surface area contributed by atoms with Gasteiger partial charge in [0.2, 0.25) is 5.89 Å². The van der Waals surface area contributed by atoms with Gasteiger partial charge in [-0.25, -0.2) is 0 Å². The lowest BCUT2D eigenvalue weighted by atomic mass is 10.2. The molecule has 27 heavy (non-hydrogen) atoms. The fourth-order valence-electron chi connectivity index (χ4n) is 2.17. The quantitative estimate of drug-likeness (QED) is 0.199. The molecule has 0 aliphatic heterocycles. The topological polar surface area (TPSA) is 95.6 Å². The van der Waals surface area contributed by atoms with E-state index in [1.165, 1.54) is 11.3 Å². The van der Waals surface area contributed by atoms with Crippen LogP contribution in [0.15, 0.2) is 21.6 Å². The first-order valence-corrected chi connectivity index (χ1v) is 9.97. The van der Waals surface area contributed by atoms with Gasteiger partial charge in [0.1, 0.15) is 6.10 Å². The Morgan fingerprint density at radius 1 is 1.37 bits per heavy atom. The van der Waals surface area contributed by atoms with Crippen molar-refractivity contribution in [3.63, 3.8) is 0 Å². The first-order valence-electron chi connectivity index (χ1n) is 8.77. The summed E-state index contributed by atoms with van der Waals surface area (Å²) in [6, 6.07) is 3.60. The standard InChI is InChI=1S/C17H26ClN5O2S.HI/c1-4-19-17(21-10-12(24)13-7-8-14(18)26-13)20-9-5-6-15-22-16(11(2)3)23-25-15;/h7-8,11-12,24H,4-6,9-10H2,1-3H3,(H2,19,20,21);1H. The molecule has 0 aromatic carbocycles. The molecular weight excluding hydrogens is 501 g/mol. The number of hydrogen-bond donors (Lipinski definition) is 3. The van der Waals surface area contributed by atoms with E-state index in [9.17, 15) is 5.11 Å². The van der Waals surface area contributed by atoms with Gasteiger partial charge in [-0.05, 0) is 25.5 Å². The van der Waals surface area contributed by atoms with Crippen molar-refractivity contribution in [1.29, 1.82) is 0 Å².